The van der Waals surface area contributed by atoms with Crippen LogP contribution in [0.3, 0.4) is 0 Å². The van der Waals surface area contributed by atoms with E-state index >= 15 is 0 Å². The molecule has 1 aliphatic heterocycles. The first-order valence-corrected chi connectivity index (χ1v) is 13.1. The molecule has 0 saturated carbocycles. The van der Waals surface area contributed by atoms with Crippen molar-refractivity contribution < 1.29 is 0 Å². The lowest BCUT2D eigenvalue weighted by molar-refractivity contribution is 1.37. The molecule has 1 heterocycles. The SMILES string of the molecule is C[Si]1(C)c2ccccc2C(Br)[Si]1(C)C. The van der Waals surface area contributed by atoms with Crippen LogP contribution in [0, 0.1) is 0 Å². The number of rotatable bonds is 0. The van der Waals surface area contributed by atoms with Gasteiger partial charge < -0.3 is 0 Å². The lowest BCUT2D eigenvalue weighted by Crippen LogP contribution is -2.59. The molecule has 0 aromatic heterocycles. The number of hydrogen-bond acceptors (Lipinski definition) is 0. The van der Waals surface area contributed by atoms with Crippen molar-refractivity contribution in [2.45, 2.75) is 30.6 Å². The van der Waals surface area contributed by atoms with Crippen LogP contribution < -0.4 is 5.19 Å². The Bertz CT molecular complexity index is 371. The molecular formula is C11H17BrSi2. The molecule has 0 radical (unpaired) electrons. The average molecular weight is 285 g/mol. The van der Waals surface area contributed by atoms with Crippen LogP contribution in [0.5, 0.6) is 0 Å². The van der Waals surface area contributed by atoms with Crippen LogP contribution in [-0.4, -0.2) is 15.2 Å². The predicted molar refractivity (Wildman–Crippen MR) is 72.7 cm³/mol. The van der Waals surface area contributed by atoms with Gasteiger partial charge in [0.2, 0.25) is 0 Å². The molecule has 0 fully saturated rings. The van der Waals surface area contributed by atoms with Gasteiger partial charge in [0.1, 0.15) is 0 Å². The fourth-order valence-electron chi connectivity index (χ4n) is 2.34. The van der Waals surface area contributed by atoms with Crippen LogP contribution >= 0.6 is 15.9 Å². The van der Waals surface area contributed by atoms with Crippen LogP contribution in [0.25, 0.3) is 0 Å². The lowest BCUT2D eigenvalue weighted by Gasteiger charge is -2.33. The van der Waals surface area contributed by atoms with Crippen molar-refractivity contribution in [2.75, 3.05) is 0 Å². The van der Waals surface area contributed by atoms with Gasteiger partial charge in [0.05, 0.1) is 15.2 Å². The van der Waals surface area contributed by atoms with Gasteiger partial charge in [-0.25, -0.2) is 0 Å². The fourth-order valence-corrected chi connectivity index (χ4v) is 17.2. The first kappa shape index (κ1) is 10.6. The molecule has 0 saturated heterocycles. The normalized spacial score (nSPS) is 27.4. The van der Waals surface area contributed by atoms with Crippen molar-refractivity contribution in [3.05, 3.63) is 29.8 Å². The number of benzene rings is 1. The molecule has 0 amide bonds. The zero-order valence-corrected chi connectivity index (χ0v) is 12.9. The molecule has 0 spiro atoms. The molecule has 0 N–H and O–H groups in total. The molecule has 2 rings (SSSR count). The van der Waals surface area contributed by atoms with Crippen molar-refractivity contribution in [1.29, 1.82) is 0 Å². The maximum absolute atomic E-state index is 3.93. The summed E-state index contributed by atoms with van der Waals surface area (Å²) in [6.45, 7) is 10.2. The summed E-state index contributed by atoms with van der Waals surface area (Å²) in [4.78, 5) is 0. The average Bonchev–Trinajstić information content (AvgIpc) is 2.27. The van der Waals surface area contributed by atoms with Gasteiger partial charge in [-0.1, -0.05) is 71.6 Å². The first-order chi connectivity index (χ1) is 6.39. The second-order valence-electron chi connectivity index (χ2n) is 5.30. The Kier molecular flexibility index (Phi) is 2.33. The van der Waals surface area contributed by atoms with Crippen LogP contribution in [-0.2, 0) is 0 Å². The minimum absolute atomic E-state index is 0.674. The molecule has 0 aliphatic carbocycles. The quantitative estimate of drug-likeness (QED) is 0.506. The van der Waals surface area contributed by atoms with E-state index in [2.05, 4.69) is 66.4 Å². The topological polar surface area (TPSA) is 0 Å². The Labute approximate surface area is 96.7 Å². The first-order valence-electron chi connectivity index (χ1n) is 5.12. The van der Waals surface area contributed by atoms with Crippen LogP contribution in [0.2, 0.25) is 26.2 Å². The van der Waals surface area contributed by atoms with E-state index in [0.29, 0.717) is 4.45 Å². The molecule has 0 nitrogen and oxygen atoms in total. The number of fused-ring (bicyclic) bond motifs is 1. The third kappa shape index (κ3) is 1.15. The third-order valence-corrected chi connectivity index (χ3v) is 27.3. The summed E-state index contributed by atoms with van der Waals surface area (Å²) in [6.07, 6.45) is 0. The molecule has 1 atom stereocenters. The van der Waals surface area contributed by atoms with Crippen molar-refractivity contribution >= 4 is 36.3 Å². The van der Waals surface area contributed by atoms with Crippen LogP contribution in [0.15, 0.2) is 24.3 Å². The van der Waals surface area contributed by atoms with E-state index in [-0.39, 0.29) is 0 Å². The summed E-state index contributed by atoms with van der Waals surface area (Å²) >= 11 is 3.93. The van der Waals surface area contributed by atoms with E-state index in [1.165, 1.54) is 0 Å². The summed E-state index contributed by atoms with van der Waals surface area (Å²) in [6, 6.07) is 9.04. The highest BCUT2D eigenvalue weighted by molar-refractivity contribution is 9.10. The summed E-state index contributed by atoms with van der Waals surface area (Å²) < 4.78 is 0.674. The van der Waals surface area contributed by atoms with Gasteiger partial charge in [0.25, 0.3) is 0 Å². The Balaban J connectivity index is 2.68. The van der Waals surface area contributed by atoms with E-state index in [1.54, 1.807) is 10.8 Å². The Hall–Kier alpha value is 0.134. The Morgan fingerprint density at radius 1 is 1.07 bits per heavy atom. The highest BCUT2D eigenvalue weighted by Crippen LogP contribution is 2.43. The van der Waals surface area contributed by atoms with Crippen LogP contribution in [0.4, 0.5) is 0 Å². The second-order valence-corrected chi connectivity index (χ2v) is 22.5. The summed E-state index contributed by atoms with van der Waals surface area (Å²) in [5.41, 5.74) is 1.58. The fraction of sp³-hybridized carbons (Fsp3) is 0.455. The second kappa shape index (κ2) is 3.06. The van der Waals surface area contributed by atoms with E-state index in [0.717, 1.165) is 0 Å². The summed E-state index contributed by atoms with van der Waals surface area (Å²) in [5, 5.41) is 1.69. The largest absolute Gasteiger partial charge is 0.0877 e. The van der Waals surface area contributed by atoms with E-state index in [9.17, 15) is 0 Å². The van der Waals surface area contributed by atoms with E-state index in [4.69, 9.17) is 0 Å². The highest BCUT2D eigenvalue weighted by atomic mass is 79.9. The summed E-state index contributed by atoms with van der Waals surface area (Å²) in [7, 11) is -2.28. The van der Waals surface area contributed by atoms with Gasteiger partial charge in [-0.2, -0.15) is 0 Å². The minimum Gasteiger partial charge on any atom is -0.0877 e. The van der Waals surface area contributed by atoms with Gasteiger partial charge >= 0.3 is 0 Å². The van der Waals surface area contributed by atoms with E-state index in [1.807, 2.05) is 0 Å². The molecule has 1 aliphatic rings. The molecule has 3 heteroatoms. The lowest BCUT2D eigenvalue weighted by atomic mass is 10.2. The van der Waals surface area contributed by atoms with Gasteiger partial charge in [-0.3, -0.25) is 0 Å². The van der Waals surface area contributed by atoms with Crippen LogP contribution in [0.1, 0.15) is 10.0 Å². The zero-order chi connectivity index (χ0) is 10.6. The van der Waals surface area contributed by atoms with Crippen molar-refractivity contribution in [3.8, 4) is 0 Å². The maximum atomic E-state index is 3.93. The molecule has 76 valence electrons. The Morgan fingerprint density at radius 2 is 1.64 bits per heavy atom. The molecule has 1 aromatic rings. The van der Waals surface area contributed by atoms with E-state index < -0.39 is 15.2 Å². The summed E-state index contributed by atoms with van der Waals surface area (Å²) in [5.74, 6) is 0. The number of hydrogen-bond donors (Lipinski definition) is 0. The monoisotopic (exact) mass is 284 g/mol. The molecule has 14 heavy (non-hydrogen) atoms. The minimum atomic E-state index is -1.16. The predicted octanol–water partition coefficient (Wildman–Crippen LogP) is 3.38. The van der Waals surface area contributed by atoms with Crippen molar-refractivity contribution in [1.82, 2.24) is 0 Å². The standard InChI is InChI=1S/C11H17BrSi2/c1-13(2)10-8-6-5-7-9(10)11(12)14(13,3)4/h5-8,11H,1-4H3. The Morgan fingerprint density at radius 3 is 2.21 bits per heavy atom. The smallest absolute Gasteiger partial charge is 0.0759 e. The molecule has 1 aromatic carbocycles. The molecular weight excluding hydrogens is 268 g/mol. The molecule has 1 unspecified atom stereocenters. The number of halogens is 1. The maximum Gasteiger partial charge on any atom is 0.0759 e. The van der Waals surface area contributed by atoms with Gasteiger partial charge in [-0.05, 0) is 5.56 Å². The third-order valence-electron chi connectivity index (χ3n) is 4.15. The zero-order valence-electron chi connectivity index (χ0n) is 9.26. The van der Waals surface area contributed by atoms with Gasteiger partial charge in [-0.15, -0.1) is 0 Å². The highest BCUT2D eigenvalue weighted by Gasteiger charge is 2.53. The molecule has 0 bridgehead atoms. The number of alkyl halides is 1. The van der Waals surface area contributed by atoms with Gasteiger partial charge in [0.15, 0.2) is 0 Å². The van der Waals surface area contributed by atoms with Crippen molar-refractivity contribution in [2.24, 2.45) is 0 Å². The van der Waals surface area contributed by atoms with Gasteiger partial charge in [0, 0.05) is 4.45 Å². The van der Waals surface area contributed by atoms with Crippen molar-refractivity contribution in [3.63, 3.8) is 0 Å².